The second-order valence-corrected chi connectivity index (χ2v) is 9.52. The van der Waals surface area contributed by atoms with Crippen LogP contribution in [0, 0.1) is 11.3 Å². The van der Waals surface area contributed by atoms with Crippen LogP contribution in [-0.4, -0.2) is 48.9 Å². The minimum Gasteiger partial charge on any atom is -0.355 e. The molecule has 1 aromatic rings. The van der Waals surface area contributed by atoms with E-state index in [0.29, 0.717) is 18.5 Å². The molecule has 2 saturated heterocycles. The van der Waals surface area contributed by atoms with Gasteiger partial charge in [0.2, 0.25) is 5.91 Å². The van der Waals surface area contributed by atoms with E-state index in [1.165, 1.54) is 6.33 Å². The summed E-state index contributed by atoms with van der Waals surface area (Å²) in [6, 6.07) is 0. The van der Waals surface area contributed by atoms with Gasteiger partial charge < -0.3 is 10.2 Å². The number of rotatable bonds is 3. The quantitative estimate of drug-likeness (QED) is 0.881. The largest absolute Gasteiger partial charge is 0.355 e. The summed E-state index contributed by atoms with van der Waals surface area (Å²) in [5.41, 5.74) is 0.564. The zero-order valence-electron chi connectivity index (χ0n) is 13.6. The summed E-state index contributed by atoms with van der Waals surface area (Å²) in [5, 5.41) is 2.99. The third-order valence-electron chi connectivity index (χ3n) is 5.68. The topological polar surface area (TPSA) is 92.3 Å². The molecular formula is C16H22N4O3S. The highest BCUT2D eigenvalue weighted by Crippen LogP contribution is 2.60. The Labute approximate surface area is 141 Å². The predicted octanol–water partition coefficient (Wildman–Crippen LogP) is 1.23. The molecule has 3 fully saturated rings. The maximum absolute atomic E-state index is 12.6. The molecule has 3 heterocycles. The summed E-state index contributed by atoms with van der Waals surface area (Å²) >= 11 is 0. The van der Waals surface area contributed by atoms with Crippen LogP contribution < -0.4 is 10.2 Å². The first-order chi connectivity index (χ1) is 11.5. The van der Waals surface area contributed by atoms with Crippen molar-refractivity contribution < 1.29 is 13.2 Å². The van der Waals surface area contributed by atoms with Crippen molar-refractivity contribution in [1.29, 1.82) is 0 Å². The number of nitrogens with one attached hydrogen (secondary N) is 1. The van der Waals surface area contributed by atoms with Crippen molar-refractivity contribution in [3.8, 4) is 0 Å². The van der Waals surface area contributed by atoms with E-state index in [0.717, 1.165) is 38.2 Å². The van der Waals surface area contributed by atoms with Gasteiger partial charge in [-0.15, -0.1) is 0 Å². The van der Waals surface area contributed by atoms with E-state index in [-0.39, 0.29) is 28.7 Å². The third kappa shape index (κ3) is 2.87. The summed E-state index contributed by atoms with van der Waals surface area (Å²) in [6.45, 7) is 1.90. The highest BCUT2D eigenvalue weighted by molar-refractivity contribution is 7.91. The van der Waals surface area contributed by atoms with E-state index in [1.54, 1.807) is 6.20 Å². The first-order valence-corrected chi connectivity index (χ1v) is 10.4. The summed E-state index contributed by atoms with van der Waals surface area (Å²) in [7, 11) is -2.90. The molecule has 1 aromatic heterocycles. The maximum atomic E-state index is 12.6. The van der Waals surface area contributed by atoms with Crippen LogP contribution in [0.15, 0.2) is 12.5 Å². The molecule has 3 aliphatic rings. The van der Waals surface area contributed by atoms with Crippen molar-refractivity contribution in [3.63, 3.8) is 0 Å². The highest BCUT2D eigenvalue weighted by Gasteiger charge is 2.59. The second kappa shape index (κ2) is 5.68. The Bertz CT molecular complexity index is 744. The molecule has 8 heteroatoms. The molecule has 1 saturated carbocycles. The van der Waals surface area contributed by atoms with Gasteiger partial charge in [0.1, 0.15) is 21.9 Å². The van der Waals surface area contributed by atoms with Gasteiger partial charge >= 0.3 is 0 Å². The van der Waals surface area contributed by atoms with Crippen LogP contribution in [-0.2, 0) is 14.6 Å². The van der Waals surface area contributed by atoms with Crippen LogP contribution >= 0.6 is 0 Å². The molecule has 0 radical (unpaired) electrons. The van der Waals surface area contributed by atoms with Gasteiger partial charge in [0.15, 0.2) is 5.82 Å². The predicted molar refractivity (Wildman–Crippen MR) is 90.5 cm³/mol. The number of hydrogen-bond acceptors (Lipinski definition) is 6. The Kier molecular flexibility index (Phi) is 3.74. The fourth-order valence-corrected chi connectivity index (χ4v) is 5.67. The zero-order chi connectivity index (χ0) is 16.8. The van der Waals surface area contributed by atoms with Crippen molar-refractivity contribution in [2.75, 3.05) is 34.8 Å². The van der Waals surface area contributed by atoms with E-state index < -0.39 is 9.84 Å². The lowest BCUT2D eigenvalue weighted by Gasteiger charge is -2.23. The fraction of sp³-hybridized carbons (Fsp3) is 0.688. The van der Waals surface area contributed by atoms with Gasteiger partial charge in [-0.2, -0.15) is 0 Å². The van der Waals surface area contributed by atoms with Crippen LogP contribution in [0.3, 0.4) is 0 Å². The first-order valence-electron chi connectivity index (χ1n) is 8.55. The smallest absolute Gasteiger partial charge is 0.228 e. The molecule has 4 rings (SSSR count). The highest BCUT2D eigenvalue weighted by atomic mass is 32.2. The molecule has 1 spiro atoms. The Morgan fingerprint density at radius 2 is 1.96 bits per heavy atom. The second-order valence-electron chi connectivity index (χ2n) is 7.21. The van der Waals surface area contributed by atoms with Gasteiger partial charge in [-0.25, -0.2) is 18.4 Å². The number of aromatic nitrogens is 2. The first kappa shape index (κ1) is 15.8. The number of nitrogens with zero attached hydrogens (tertiary/aromatic N) is 3. The van der Waals surface area contributed by atoms with E-state index in [9.17, 15) is 13.2 Å². The van der Waals surface area contributed by atoms with Crippen molar-refractivity contribution in [1.82, 2.24) is 9.97 Å². The molecule has 2 aliphatic heterocycles. The lowest BCUT2D eigenvalue weighted by molar-refractivity contribution is -0.118. The molecule has 1 N–H and O–H groups in total. The number of carbonyl (C=O) groups excluding carboxylic acids is 1. The number of carbonyl (C=O) groups is 1. The molecule has 1 aliphatic carbocycles. The average molecular weight is 350 g/mol. The zero-order valence-corrected chi connectivity index (χ0v) is 14.4. The molecule has 1 unspecified atom stereocenters. The van der Waals surface area contributed by atoms with Crippen LogP contribution in [0.2, 0.25) is 0 Å². The van der Waals surface area contributed by atoms with Crippen LogP contribution in [0.5, 0.6) is 0 Å². The van der Waals surface area contributed by atoms with Crippen LogP contribution in [0.4, 0.5) is 11.5 Å². The van der Waals surface area contributed by atoms with Crippen LogP contribution in [0.1, 0.15) is 32.1 Å². The molecule has 0 aromatic carbocycles. The van der Waals surface area contributed by atoms with Crippen molar-refractivity contribution in [2.24, 2.45) is 11.3 Å². The Morgan fingerprint density at radius 3 is 2.67 bits per heavy atom. The Morgan fingerprint density at radius 1 is 1.25 bits per heavy atom. The maximum Gasteiger partial charge on any atom is 0.228 e. The molecule has 1 amide bonds. The summed E-state index contributed by atoms with van der Waals surface area (Å²) < 4.78 is 23.2. The molecule has 7 nitrogen and oxygen atoms in total. The Hall–Kier alpha value is -1.70. The molecule has 130 valence electrons. The van der Waals surface area contributed by atoms with E-state index in [4.69, 9.17) is 0 Å². The normalized spacial score (nSPS) is 27.2. The Balaban J connectivity index is 1.45. The number of amides is 1. The minimum atomic E-state index is -2.90. The van der Waals surface area contributed by atoms with Crippen molar-refractivity contribution >= 4 is 27.2 Å². The number of sulfone groups is 1. The van der Waals surface area contributed by atoms with Gasteiger partial charge in [-0.3, -0.25) is 4.79 Å². The van der Waals surface area contributed by atoms with Crippen molar-refractivity contribution in [2.45, 2.75) is 32.1 Å². The van der Waals surface area contributed by atoms with Gasteiger partial charge in [0, 0.05) is 19.0 Å². The van der Waals surface area contributed by atoms with Crippen molar-refractivity contribution in [3.05, 3.63) is 12.5 Å². The molecular weight excluding hydrogens is 328 g/mol. The fourth-order valence-electron chi connectivity index (χ4n) is 4.03. The van der Waals surface area contributed by atoms with Gasteiger partial charge in [-0.05, 0) is 37.5 Å². The monoisotopic (exact) mass is 350 g/mol. The molecule has 24 heavy (non-hydrogen) atoms. The third-order valence-corrected chi connectivity index (χ3v) is 7.34. The van der Waals surface area contributed by atoms with E-state index >= 15 is 0 Å². The molecule has 1 atom stereocenters. The van der Waals surface area contributed by atoms with E-state index in [1.807, 2.05) is 0 Å². The SMILES string of the molecule is O=C(Nc1cncnc1N1CCCC1)C1CC12CCS(=O)(=O)CC2. The standard InChI is InChI=1S/C16H22N4O3S/c21-15(12-9-16(12)3-7-24(22,23)8-4-16)19-13-10-17-11-18-14(13)20-5-1-2-6-20/h10-12H,1-9H2,(H,19,21). The van der Waals surface area contributed by atoms with Gasteiger partial charge in [0.05, 0.1) is 17.7 Å². The number of anilines is 2. The molecule has 0 bridgehead atoms. The average Bonchev–Trinajstić information content (AvgIpc) is 3.00. The summed E-state index contributed by atoms with van der Waals surface area (Å²) in [6.07, 6.45) is 7.44. The minimum absolute atomic E-state index is 0.0236. The van der Waals surface area contributed by atoms with Gasteiger partial charge in [0.25, 0.3) is 0 Å². The van der Waals surface area contributed by atoms with E-state index in [2.05, 4.69) is 20.2 Å². The summed E-state index contributed by atoms with van der Waals surface area (Å²) in [4.78, 5) is 23.2. The van der Waals surface area contributed by atoms with Crippen LogP contribution in [0.25, 0.3) is 0 Å². The summed E-state index contributed by atoms with van der Waals surface area (Å²) in [5.74, 6) is 1.11. The lowest BCUT2D eigenvalue weighted by Crippen LogP contribution is -2.29. The number of hydrogen-bond donors (Lipinski definition) is 1. The van der Waals surface area contributed by atoms with Gasteiger partial charge in [-0.1, -0.05) is 0 Å². The lowest BCUT2D eigenvalue weighted by atomic mass is 9.96.